The first kappa shape index (κ1) is 18.0. The van der Waals surface area contributed by atoms with Gasteiger partial charge in [0.1, 0.15) is 5.75 Å². The van der Waals surface area contributed by atoms with Crippen LogP contribution in [0.25, 0.3) is 0 Å². The van der Waals surface area contributed by atoms with Gasteiger partial charge in [-0.05, 0) is 30.5 Å². The number of unbranched alkanes of at least 4 members (excludes halogenated alkanes) is 4. The molecule has 0 aliphatic carbocycles. The molecule has 0 saturated heterocycles. The van der Waals surface area contributed by atoms with Crippen molar-refractivity contribution < 1.29 is 9.47 Å². The van der Waals surface area contributed by atoms with E-state index in [-0.39, 0.29) is 6.04 Å². The molecular formula is C18H31NO2. The summed E-state index contributed by atoms with van der Waals surface area (Å²) in [7, 11) is 0. The summed E-state index contributed by atoms with van der Waals surface area (Å²) in [6, 6.07) is 7.96. The zero-order chi connectivity index (χ0) is 15.3. The highest BCUT2D eigenvalue weighted by atomic mass is 16.5. The van der Waals surface area contributed by atoms with Gasteiger partial charge in [-0.25, -0.2) is 0 Å². The molecule has 0 fully saturated rings. The van der Waals surface area contributed by atoms with Crippen LogP contribution in [0.3, 0.4) is 0 Å². The van der Waals surface area contributed by atoms with E-state index in [0.29, 0.717) is 6.61 Å². The van der Waals surface area contributed by atoms with E-state index in [1.807, 2.05) is 24.3 Å². The van der Waals surface area contributed by atoms with Crippen LogP contribution in [0.2, 0.25) is 0 Å². The van der Waals surface area contributed by atoms with Gasteiger partial charge in [-0.2, -0.15) is 0 Å². The highest BCUT2D eigenvalue weighted by Gasteiger charge is 2.06. The minimum Gasteiger partial charge on any atom is -0.494 e. The first-order chi connectivity index (χ1) is 10.3. The van der Waals surface area contributed by atoms with Crippen LogP contribution < -0.4 is 10.5 Å². The SMILES string of the molecule is CCCCCCCOCC(N)c1ccc(OCCC)cc1. The fourth-order valence-electron chi connectivity index (χ4n) is 2.15. The topological polar surface area (TPSA) is 44.5 Å². The van der Waals surface area contributed by atoms with E-state index >= 15 is 0 Å². The highest BCUT2D eigenvalue weighted by molar-refractivity contribution is 5.29. The van der Waals surface area contributed by atoms with Crippen LogP contribution in [0, 0.1) is 0 Å². The molecule has 0 bridgehead atoms. The number of ether oxygens (including phenoxy) is 2. The third-order valence-corrected chi connectivity index (χ3v) is 3.47. The van der Waals surface area contributed by atoms with Gasteiger partial charge >= 0.3 is 0 Å². The normalized spacial score (nSPS) is 12.3. The molecule has 1 atom stereocenters. The Labute approximate surface area is 129 Å². The summed E-state index contributed by atoms with van der Waals surface area (Å²) in [5.41, 5.74) is 7.24. The minimum absolute atomic E-state index is 0.0548. The zero-order valence-electron chi connectivity index (χ0n) is 13.6. The lowest BCUT2D eigenvalue weighted by molar-refractivity contribution is 0.117. The van der Waals surface area contributed by atoms with Gasteiger partial charge in [-0.3, -0.25) is 0 Å². The predicted molar refractivity (Wildman–Crippen MR) is 88.7 cm³/mol. The quantitative estimate of drug-likeness (QED) is 0.579. The van der Waals surface area contributed by atoms with Crippen LogP contribution in [0.4, 0.5) is 0 Å². The Kier molecular flexibility index (Phi) is 9.92. The molecule has 0 aliphatic rings. The Morgan fingerprint density at radius 2 is 1.62 bits per heavy atom. The number of benzene rings is 1. The second-order valence-electron chi connectivity index (χ2n) is 5.51. The van der Waals surface area contributed by atoms with Crippen molar-refractivity contribution in [1.29, 1.82) is 0 Å². The Balaban J connectivity index is 2.17. The van der Waals surface area contributed by atoms with Crippen molar-refractivity contribution in [3.63, 3.8) is 0 Å². The Hall–Kier alpha value is -1.06. The summed E-state index contributed by atoms with van der Waals surface area (Å²) in [6.07, 6.45) is 7.33. The molecule has 0 aromatic heterocycles. The summed E-state index contributed by atoms with van der Waals surface area (Å²) in [4.78, 5) is 0. The van der Waals surface area contributed by atoms with Crippen molar-refractivity contribution in [2.75, 3.05) is 19.8 Å². The number of rotatable bonds is 12. The van der Waals surface area contributed by atoms with Crippen molar-refractivity contribution in [1.82, 2.24) is 0 Å². The molecule has 3 nitrogen and oxygen atoms in total. The average molecular weight is 293 g/mol. The molecule has 0 aliphatic heterocycles. The third kappa shape index (κ3) is 8.08. The molecule has 1 rings (SSSR count). The molecular weight excluding hydrogens is 262 g/mol. The molecule has 0 saturated carbocycles. The highest BCUT2D eigenvalue weighted by Crippen LogP contribution is 2.17. The fourth-order valence-corrected chi connectivity index (χ4v) is 2.15. The van der Waals surface area contributed by atoms with E-state index in [9.17, 15) is 0 Å². The molecule has 3 heteroatoms. The molecule has 0 radical (unpaired) electrons. The average Bonchev–Trinajstić information content (AvgIpc) is 2.52. The van der Waals surface area contributed by atoms with Crippen LogP contribution in [0.5, 0.6) is 5.75 Å². The summed E-state index contributed by atoms with van der Waals surface area (Å²) >= 11 is 0. The van der Waals surface area contributed by atoms with Gasteiger partial charge in [-0.15, -0.1) is 0 Å². The number of nitrogens with two attached hydrogens (primary N) is 1. The summed E-state index contributed by atoms with van der Waals surface area (Å²) in [5, 5.41) is 0. The molecule has 0 spiro atoms. The Bertz CT molecular complexity index is 351. The van der Waals surface area contributed by atoms with Crippen molar-refractivity contribution in [2.24, 2.45) is 5.73 Å². The van der Waals surface area contributed by atoms with E-state index in [1.165, 1.54) is 25.7 Å². The van der Waals surface area contributed by atoms with Crippen molar-refractivity contribution in [2.45, 2.75) is 58.4 Å². The molecule has 1 unspecified atom stereocenters. The van der Waals surface area contributed by atoms with E-state index in [1.54, 1.807) is 0 Å². The molecule has 2 N–H and O–H groups in total. The molecule has 120 valence electrons. The molecule has 0 amide bonds. The lowest BCUT2D eigenvalue weighted by Gasteiger charge is -2.13. The van der Waals surface area contributed by atoms with Gasteiger partial charge in [-0.1, -0.05) is 51.7 Å². The van der Waals surface area contributed by atoms with Crippen LogP contribution >= 0.6 is 0 Å². The van der Waals surface area contributed by atoms with Gasteiger partial charge in [0.2, 0.25) is 0 Å². The summed E-state index contributed by atoms with van der Waals surface area (Å²) in [5.74, 6) is 0.907. The second-order valence-corrected chi connectivity index (χ2v) is 5.51. The summed E-state index contributed by atoms with van der Waals surface area (Å²) in [6.45, 7) is 6.49. The third-order valence-electron chi connectivity index (χ3n) is 3.47. The van der Waals surface area contributed by atoms with Crippen LogP contribution in [-0.4, -0.2) is 19.8 Å². The molecule has 1 aromatic carbocycles. The predicted octanol–water partition coefficient (Wildman–Crippen LogP) is 4.46. The van der Waals surface area contributed by atoms with Gasteiger partial charge in [0.25, 0.3) is 0 Å². The van der Waals surface area contributed by atoms with Crippen LogP contribution in [0.1, 0.15) is 64.0 Å². The lowest BCUT2D eigenvalue weighted by atomic mass is 10.1. The first-order valence-corrected chi connectivity index (χ1v) is 8.34. The van der Waals surface area contributed by atoms with Crippen LogP contribution in [-0.2, 0) is 4.74 Å². The van der Waals surface area contributed by atoms with Crippen LogP contribution in [0.15, 0.2) is 24.3 Å². The van der Waals surface area contributed by atoms with E-state index in [0.717, 1.165) is 37.4 Å². The van der Waals surface area contributed by atoms with Gasteiger partial charge in [0, 0.05) is 6.61 Å². The van der Waals surface area contributed by atoms with Gasteiger partial charge < -0.3 is 15.2 Å². The molecule has 1 aromatic rings. The number of hydrogen-bond donors (Lipinski definition) is 1. The maximum atomic E-state index is 6.14. The fraction of sp³-hybridized carbons (Fsp3) is 0.667. The molecule has 0 heterocycles. The summed E-state index contributed by atoms with van der Waals surface area (Å²) < 4.78 is 11.2. The van der Waals surface area contributed by atoms with Gasteiger partial charge in [0.15, 0.2) is 0 Å². The van der Waals surface area contributed by atoms with E-state index in [2.05, 4.69) is 13.8 Å². The lowest BCUT2D eigenvalue weighted by Crippen LogP contribution is -2.17. The monoisotopic (exact) mass is 293 g/mol. The minimum atomic E-state index is -0.0548. The zero-order valence-corrected chi connectivity index (χ0v) is 13.6. The smallest absolute Gasteiger partial charge is 0.119 e. The maximum Gasteiger partial charge on any atom is 0.119 e. The van der Waals surface area contributed by atoms with Crippen molar-refractivity contribution in [3.05, 3.63) is 29.8 Å². The largest absolute Gasteiger partial charge is 0.494 e. The Morgan fingerprint density at radius 3 is 2.29 bits per heavy atom. The Morgan fingerprint density at radius 1 is 0.905 bits per heavy atom. The first-order valence-electron chi connectivity index (χ1n) is 8.34. The standard InChI is InChI=1S/C18H31NO2/c1-3-5-6-7-8-14-20-15-18(19)16-9-11-17(12-10-16)21-13-4-2/h9-12,18H,3-8,13-15,19H2,1-2H3. The van der Waals surface area contributed by atoms with E-state index < -0.39 is 0 Å². The molecule has 21 heavy (non-hydrogen) atoms. The van der Waals surface area contributed by atoms with E-state index in [4.69, 9.17) is 15.2 Å². The second kappa shape index (κ2) is 11.6. The number of hydrogen-bond acceptors (Lipinski definition) is 3. The van der Waals surface area contributed by atoms with Crippen molar-refractivity contribution >= 4 is 0 Å². The van der Waals surface area contributed by atoms with Crippen molar-refractivity contribution in [3.8, 4) is 5.75 Å². The maximum absolute atomic E-state index is 6.14. The van der Waals surface area contributed by atoms with Gasteiger partial charge in [0.05, 0.1) is 19.3 Å².